The smallest absolute Gasteiger partial charge is 0.318 e. The van der Waals surface area contributed by atoms with Crippen LogP contribution in [0.3, 0.4) is 0 Å². The lowest BCUT2D eigenvalue weighted by atomic mass is 9.97. The molecule has 236 valence electrons. The Morgan fingerprint density at radius 2 is 1.93 bits per heavy atom. The van der Waals surface area contributed by atoms with Crippen LogP contribution in [0.2, 0.25) is 0 Å². The van der Waals surface area contributed by atoms with Crippen molar-refractivity contribution < 1.29 is 9.53 Å². The Morgan fingerprint density at radius 1 is 1.16 bits per heavy atom. The molecule has 1 aliphatic carbocycles. The lowest BCUT2D eigenvalue weighted by Crippen LogP contribution is -2.55. The van der Waals surface area contributed by atoms with Gasteiger partial charge in [0.15, 0.2) is 0 Å². The van der Waals surface area contributed by atoms with E-state index in [9.17, 15) is 10.1 Å². The summed E-state index contributed by atoms with van der Waals surface area (Å²) in [5, 5.41) is 12.1. The van der Waals surface area contributed by atoms with Crippen molar-refractivity contribution in [2.75, 3.05) is 56.2 Å². The summed E-state index contributed by atoms with van der Waals surface area (Å²) in [5.74, 6) is 1.47. The summed E-state index contributed by atoms with van der Waals surface area (Å²) in [6, 6.07) is 15.4. The van der Waals surface area contributed by atoms with Crippen molar-refractivity contribution in [3.8, 4) is 12.1 Å². The number of benzene rings is 2. The first kappa shape index (κ1) is 30.8. The number of aryl methyl sites for hydroxylation is 1. The van der Waals surface area contributed by atoms with E-state index in [0.717, 1.165) is 42.5 Å². The summed E-state index contributed by atoms with van der Waals surface area (Å²) >= 11 is 0. The van der Waals surface area contributed by atoms with Crippen molar-refractivity contribution in [3.05, 3.63) is 65.9 Å². The minimum absolute atomic E-state index is 0.136. The molecule has 1 atom stereocenters. The van der Waals surface area contributed by atoms with Gasteiger partial charge in [0.25, 0.3) is 0 Å². The van der Waals surface area contributed by atoms with E-state index in [-0.39, 0.29) is 23.9 Å². The van der Waals surface area contributed by atoms with Gasteiger partial charge in [-0.3, -0.25) is 9.69 Å². The quantitative estimate of drug-likeness (QED) is 0.294. The third-order valence-electron chi connectivity index (χ3n) is 10.2. The third kappa shape index (κ3) is 6.21. The highest BCUT2D eigenvalue weighted by Gasteiger charge is 2.40. The van der Waals surface area contributed by atoms with Gasteiger partial charge in [0.1, 0.15) is 12.4 Å². The number of carbonyl (C=O) groups excluding carboxylic acids is 1. The molecular formula is C36H45N7O2. The molecule has 3 aromatic rings. The summed E-state index contributed by atoms with van der Waals surface area (Å²) in [5.41, 5.74) is 4.71. The fraction of sp³-hybridized carbons (Fsp3) is 0.500. The van der Waals surface area contributed by atoms with Gasteiger partial charge in [-0.1, -0.05) is 36.9 Å². The van der Waals surface area contributed by atoms with Gasteiger partial charge in [0.05, 0.1) is 30.8 Å². The van der Waals surface area contributed by atoms with E-state index in [0.29, 0.717) is 38.8 Å². The molecule has 0 N–H and O–H groups in total. The predicted octanol–water partition coefficient (Wildman–Crippen LogP) is 5.12. The average molecular weight is 608 g/mol. The van der Waals surface area contributed by atoms with E-state index < -0.39 is 0 Å². The molecule has 45 heavy (non-hydrogen) atoms. The van der Waals surface area contributed by atoms with Crippen molar-refractivity contribution in [2.45, 2.75) is 64.6 Å². The van der Waals surface area contributed by atoms with E-state index in [1.165, 1.54) is 40.9 Å². The molecule has 0 bridgehead atoms. The SMILES string of the molecule is C=CC(=O)N1CCN(c2nc(OCCN(C)C(C)(C)C3CC3)nc3c2CCN(c2cccc4cccc(C)c24)C3)CC1CC#N. The van der Waals surface area contributed by atoms with Crippen LogP contribution in [-0.2, 0) is 17.8 Å². The van der Waals surface area contributed by atoms with Crippen LogP contribution in [0.25, 0.3) is 10.8 Å². The Balaban J connectivity index is 1.30. The molecule has 1 unspecified atom stereocenters. The zero-order chi connectivity index (χ0) is 31.7. The van der Waals surface area contributed by atoms with Crippen molar-refractivity contribution >= 4 is 28.2 Å². The monoisotopic (exact) mass is 607 g/mol. The predicted molar refractivity (Wildman–Crippen MR) is 179 cm³/mol. The van der Waals surface area contributed by atoms with Gasteiger partial charge >= 0.3 is 6.01 Å². The number of amides is 1. The number of carbonyl (C=O) groups is 1. The number of aromatic nitrogens is 2. The van der Waals surface area contributed by atoms with Crippen molar-refractivity contribution in [1.82, 2.24) is 19.8 Å². The molecule has 3 heterocycles. The summed E-state index contributed by atoms with van der Waals surface area (Å²) in [6.45, 7) is 14.9. The van der Waals surface area contributed by atoms with E-state index in [2.05, 4.69) is 91.6 Å². The molecule has 9 heteroatoms. The molecule has 1 saturated heterocycles. The van der Waals surface area contributed by atoms with Gasteiger partial charge in [-0.25, -0.2) is 0 Å². The second-order valence-corrected chi connectivity index (χ2v) is 13.3. The number of fused-ring (bicyclic) bond motifs is 2. The number of nitriles is 1. The number of rotatable bonds is 10. The highest BCUT2D eigenvalue weighted by atomic mass is 16.5. The molecular weight excluding hydrogens is 562 g/mol. The number of likely N-dealkylation sites (N-methyl/N-ethyl adjacent to an activating group) is 1. The van der Waals surface area contributed by atoms with Gasteiger partial charge in [-0.05, 0) is 76.1 Å². The molecule has 0 radical (unpaired) electrons. The second kappa shape index (κ2) is 12.7. The van der Waals surface area contributed by atoms with Crippen molar-refractivity contribution in [3.63, 3.8) is 0 Å². The van der Waals surface area contributed by atoms with Crippen LogP contribution in [0.1, 0.15) is 49.9 Å². The maximum atomic E-state index is 12.6. The van der Waals surface area contributed by atoms with E-state index in [1.54, 1.807) is 4.90 Å². The number of anilines is 2. The minimum Gasteiger partial charge on any atom is -0.462 e. The molecule has 6 rings (SSSR count). The van der Waals surface area contributed by atoms with Crippen LogP contribution in [-0.4, -0.2) is 83.6 Å². The number of piperazine rings is 1. The first-order valence-electron chi connectivity index (χ1n) is 16.2. The molecule has 3 aliphatic rings. The highest BCUT2D eigenvalue weighted by molar-refractivity contribution is 5.97. The van der Waals surface area contributed by atoms with Crippen LogP contribution in [0.15, 0.2) is 49.1 Å². The van der Waals surface area contributed by atoms with Gasteiger partial charge in [-0.15, -0.1) is 0 Å². The lowest BCUT2D eigenvalue weighted by molar-refractivity contribution is -0.128. The van der Waals surface area contributed by atoms with Gasteiger partial charge in [0, 0.05) is 54.9 Å². The molecule has 1 saturated carbocycles. The third-order valence-corrected chi connectivity index (χ3v) is 10.2. The van der Waals surface area contributed by atoms with Crippen molar-refractivity contribution in [1.29, 1.82) is 5.26 Å². The minimum atomic E-state index is -0.235. The Kier molecular flexibility index (Phi) is 8.69. The number of nitrogens with zero attached hydrogens (tertiary/aromatic N) is 7. The van der Waals surface area contributed by atoms with E-state index in [4.69, 9.17) is 14.7 Å². The van der Waals surface area contributed by atoms with Crippen LogP contribution in [0, 0.1) is 24.2 Å². The maximum Gasteiger partial charge on any atom is 0.318 e. The van der Waals surface area contributed by atoms with Crippen LogP contribution in [0.5, 0.6) is 6.01 Å². The molecule has 1 aromatic heterocycles. The van der Waals surface area contributed by atoms with Crippen LogP contribution in [0.4, 0.5) is 11.5 Å². The van der Waals surface area contributed by atoms with Crippen molar-refractivity contribution in [2.24, 2.45) is 5.92 Å². The standard InChI is InChI=1S/C36H45N7O2/c1-6-32(44)43-20-19-42(23-28(43)15-17-37)34-29-16-18-41(31-12-8-11-26-10-7-9-25(2)33(26)31)24-30(29)38-35(39-34)45-22-21-40(5)36(3,4)27-13-14-27/h6-12,27-28H,1,13-16,18-24H2,2-5H3. The number of ether oxygens (including phenoxy) is 1. The summed E-state index contributed by atoms with van der Waals surface area (Å²) < 4.78 is 6.31. The average Bonchev–Trinajstić information content (AvgIpc) is 3.90. The largest absolute Gasteiger partial charge is 0.462 e. The molecule has 2 fully saturated rings. The highest BCUT2D eigenvalue weighted by Crippen LogP contribution is 2.42. The summed E-state index contributed by atoms with van der Waals surface area (Å²) in [4.78, 5) is 31.4. The zero-order valence-corrected chi connectivity index (χ0v) is 27.1. The van der Waals surface area contributed by atoms with E-state index >= 15 is 0 Å². The fourth-order valence-corrected chi connectivity index (χ4v) is 7.09. The summed E-state index contributed by atoms with van der Waals surface area (Å²) in [7, 11) is 2.17. The zero-order valence-electron chi connectivity index (χ0n) is 27.1. The number of hydrogen-bond acceptors (Lipinski definition) is 8. The molecule has 2 aliphatic heterocycles. The Bertz CT molecular complexity index is 1620. The molecule has 9 nitrogen and oxygen atoms in total. The van der Waals surface area contributed by atoms with Gasteiger partial charge in [0.2, 0.25) is 5.91 Å². The van der Waals surface area contributed by atoms with Crippen LogP contribution < -0.4 is 14.5 Å². The first-order chi connectivity index (χ1) is 21.7. The Labute approximate surface area is 267 Å². The Morgan fingerprint density at radius 3 is 2.67 bits per heavy atom. The Hall–Kier alpha value is -4.16. The fourth-order valence-electron chi connectivity index (χ4n) is 7.09. The lowest BCUT2D eigenvalue weighted by Gasteiger charge is -2.42. The maximum absolute atomic E-state index is 12.6. The number of hydrogen-bond donors (Lipinski definition) is 0. The molecule has 2 aromatic carbocycles. The topological polar surface area (TPSA) is 88.8 Å². The van der Waals surface area contributed by atoms with E-state index in [1.807, 2.05) is 0 Å². The normalized spacial score (nSPS) is 18.6. The first-order valence-corrected chi connectivity index (χ1v) is 16.2. The van der Waals surface area contributed by atoms with Crippen LogP contribution >= 0.6 is 0 Å². The summed E-state index contributed by atoms with van der Waals surface area (Å²) in [6.07, 6.45) is 4.97. The molecule has 0 spiro atoms. The second-order valence-electron chi connectivity index (χ2n) is 13.3. The van der Waals surface area contributed by atoms with Gasteiger partial charge in [-0.2, -0.15) is 15.2 Å². The molecule has 1 amide bonds. The van der Waals surface area contributed by atoms with Gasteiger partial charge < -0.3 is 19.4 Å².